The van der Waals surface area contributed by atoms with Crippen molar-refractivity contribution in [2.24, 2.45) is 11.3 Å². The maximum atomic E-state index is 11.3. The van der Waals surface area contributed by atoms with E-state index < -0.39 is 17.3 Å². The third-order valence-electron chi connectivity index (χ3n) is 9.57. The minimum Gasteiger partial charge on any atom is -0.487 e. The second-order valence-electron chi connectivity index (χ2n) is 12.7. The van der Waals surface area contributed by atoms with E-state index in [-0.39, 0.29) is 11.5 Å². The number of ether oxygens (including phenoxy) is 2. The van der Waals surface area contributed by atoms with Crippen molar-refractivity contribution in [1.29, 1.82) is 0 Å². The van der Waals surface area contributed by atoms with Crippen LogP contribution in [0.1, 0.15) is 56.7 Å². The summed E-state index contributed by atoms with van der Waals surface area (Å²) in [5.74, 6) is 1.26. The quantitative estimate of drug-likeness (QED) is 0.571. The average molecular weight is 509 g/mol. The van der Waals surface area contributed by atoms with Gasteiger partial charge in [-0.1, -0.05) is 29.8 Å². The summed E-state index contributed by atoms with van der Waals surface area (Å²) in [6.45, 7) is 9.13. The van der Waals surface area contributed by atoms with Crippen molar-refractivity contribution in [2.45, 2.75) is 82.5 Å². The van der Waals surface area contributed by atoms with Crippen molar-refractivity contribution in [3.8, 4) is 0 Å². The fourth-order valence-corrected chi connectivity index (χ4v) is 8.55. The highest BCUT2D eigenvalue weighted by Gasteiger charge is 2.68. The first-order valence-electron chi connectivity index (χ1n) is 13.5. The number of fused-ring (bicyclic) bond motifs is 1. The van der Waals surface area contributed by atoms with Crippen LogP contribution in [0.4, 0.5) is 0 Å². The Kier molecular flexibility index (Phi) is 5.03. The lowest BCUT2D eigenvalue weighted by Crippen LogP contribution is -2.62. The highest BCUT2D eigenvalue weighted by molar-refractivity contribution is 6.30. The van der Waals surface area contributed by atoms with E-state index in [1.54, 1.807) is 0 Å². The third-order valence-corrected chi connectivity index (χ3v) is 9.79. The first-order valence-corrected chi connectivity index (χ1v) is 13.9. The molecule has 2 fully saturated rings. The van der Waals surface area contributed by atoms with Gasteiger partial charge in [0, 0.05) is 40.9 Å². The zero-order valence-corrected chi connectivity index (χ0v) is 22.5. The van der Waals surface area contributed by atoms with Crippen LogP contribution in [0.2, 0.25) is 5.02 Å². The molecule has 3 heterocycles. The first-order chi connectivity index (χ1) is 17.1. The molecule has 1 aromatic carbocycles. The average Bonchev–Trinajstić information content (AvgIpc) is 3.19. The first kappa shape index (κ1) is 23.5. The Morgan fingerprint density at radius 3 is 2.89 bits per heavy atom. The molecule has 6 heteroatoms. The molecular weight excluding hydrogens is 472 g/mol. The van der Waals surface area contributed by atoms with Gasteiger partial charge in [0.15, 0.2) is 5.60 Å². The lowest BCUT2D eigenvalue weighted by Gasteiger charge is -2.58. The fraction of sp³-hybridized carbons (Fsp3) is 0.600. The van der Waals surface area contributed by atoms with Crippen LogP contribution in [0.3, 0.4) is 0 Å². The van der Waals surface area contributed by atoms with E-state index in [1.807, 2.05) is 6.08 Å². The summed E-state index contributed by atoms with van der Waals surface area (Å²) < 4.78 is 14.2. The van der Waals surface area contributed by atoms with Crippen LogP contribution in [-0.4, -0.2) is 54.0 Å². The second kappa shape index (κ2) is 7.70. The van der Waals surface area contributed by atoms with Crippen LogP contribution >= 0.6 is 11.6 Å². The molecule has 1 saturated heterocycles. The van der Waals surface area contributed by atoms with Crippen molar-refractivity contribution in [1.82, 2.24) is 10.2 Å². The molecule has 0 aromatic heterocycles. The molecule has 1 saturated carbocycles. The number of piperidine rings is 1. The van der Waals surface area contributed by atoms with Crippen LogP contribution in [0.5, 0.6) is 0 Å². The Morgan fingerprint density at radius 1 is 1.25 bits per heavy atom. The monoisotopic (exact) mass is 508 g/mol. The number of benzene rings is 1. The van der Waals surface area contributed by atoms with Gasteiger partial charge in [-0.2, -0.15) is 0 Å². The zero-order chi connectivity index (χ0) is 25.0. The summed E-state index contributed by atoms with van der Waals surface area (Å²) in [5.41, 5.74) is 5.00. The van der Waals surface area contributed by atoms with E-state index in [0.717, 1.165) is 55.2 Å². The van der Waals surface area contributed by atoms with Gasteiger partial charge in [-0.15, -0.1) is 0 Å². The summed E-state index contributed by atoms with van der Waals surface area (Å²) in [7, 11) is 2.25. The molecule has 3 aliphatic carbocycles. The van der Waals surface area contributed by atoms with Crippen molar-refractivity contribution in [2.75, 3.05) is 20.1 Å². The molecule has 192 valence electrons. The van der Waals surface area contributed by atoms with Gasteiger partial charge < -0.3 is 24.8 Å². The number of halogens is 1. The Bertz CT molecular complexity index is 1230. The number of rotatable bonds is 2. The maximum Gasteiger partial charge on any atom is 0.155 e. The van der Waals surface area contributed by atoms with Crippen molar-refractivity contribution < 1.29 is 14.6 Å². The SMILES string of the molecule is CN1CC[C@]23C4=C5O[C@H]2[C@@H](O)C=C[C@H]3[C@H]1CC4=CC[C@@]5(OC(C)(C)C)c1cc(Cl)cc2c1CNCC2. The second-order valence-corrected chi connectivity index (χ2v) is 13.1. The predicted octanol–water partition coefficient (Wildman–Crippen LogP) is 4.62. The third kappa shape index (κ3) is 3.04. The van der Waals surface area contributed by atoms with Crippen LogP contribution in [0.25, 0.3) is 0 Å². The van der Waals surface area contributed by atoms with Gasteiger partial charge in [-0.25, -0.2) is 0 Å². The lowest BCUT2D eigenvalue weighted by atomic mass is 9.50. The molecule has 6 atom stereocenters. The molecule has 7 rings (SSSR count). The van der Waals surface area contributed by atoms with Gasteiger partial charge in [-0.05, 0) is 94.6 Å². The van der Waals surface area contributed by atoms with Crippen molar-refractivity contribution in [3.63, 3.8) is 0 Å². The summed E-state index contributed by atoms with van der Waals surface area (Å²) in [6.07, 6.45) is 9.42. The minimum atomic E-state index is -0.780. The minimum absolute atomic E-state index is 0.214. The molecule has 36 heavy (non-hydrogen) atoms. The van der Waals surface area contributed by atoms with Gasteiger partial charge >= 0.3 is 0 Å². The summed E-state index contributed by atoms with van der Waals surface area (Å²) in [4.78, 5) is 2.51. The number of likely N-dealkylation sites (tertiary alicyclic amines) is 1. The normalized spacial score (nSPS) is 38.9. The molecule has 6 aliphatic rings. The molecule has 2 bridgehead atoms. The van der Waals surface area contributed by atoms with E-state index in [9.17, 15) is 5.11 Å². The summed E-state index contributed by atoms with van der Waals surface area (Å²) in [6, 6.07) is 4.66. The summed E-state index contributed by atoms with van der Waals surface area (Å²) >= 11 is 6.78. The van der Waals surface area contributed by atoms with Crippen molar-refractivity contribution >= 4 is 11.6 Å². The number of aliphatic hydroxyl groups excluding tert-OH is 1. The lowest BCUT2D eigenvalue weighted by molar-refractivity contribution is -0.153. The Morgan fingerprint density at radius 2 is 2.08 bits per heavy atom. The maximum absolute atomic E-state index is 11.3. The Hall–Kier alpha value is -1.63. The Labute approximate surface area is 219 Å². The van der Waals surface area contributed by atoms with Crippen molar-refractivity contribution in [3.05, 3.63) is 69.0 Å². The van der Waals surface area contributed by atoms with Gasteiger partial charge in [-0.3, -0.25) is 0 Å². The molecule has 1 aromatic rings. The molecule has 0 amide bonds. The molecule has 0 radical (unpaired) electrons. The number of aliphatic hydroxyl groups is 1. The number of nitrogens with zero attached hydrogens (tertiary/aromatic N) is 1. The van der Waals surface area contributed by atoms with Gasteiger partial charge in [0.1, 0.15) is 18.0 Å². The van der Waals surface area contributed by atoms with E-state index in [1.165, 1.54) is 22.3 Å². The smallest absolute Gasteiger partial charge is 0.155 e. The molecule has 0 unspecified atom stereocenters. The zero-order valence-electron chi connectivity index (χ0n) is 21.7. The predicted molar refractivity (Wildman–Crippen MR) is 141 cm³/mol. The Balaban J connectivity index is 1.50. The van der Waals surface area contributed by atoms with Crippen LogP contribution < -0.4 is 5.32 Å². The van der Waals surface area contributed by atoms with Gasteiger partial charge in [0.05, 0.1) is 5.60 Å². The van der Waals surface area contributed by atoms with Crippen LogP contribution in [0, 0.1) is 11.3 Å². The highest BCUT2D eigenvalue weighted by atomic mass is 35.5. The van der Waals surface area contributed by atoms with Crippen LogP contribution in [0.15, 0.2) is 47.3 Å². The number of hydrogen-bond donors (Lipinski definition) is 2. The molecule has 1 spiro atoms. The van der Waals surface area contributed by atoms with Gasteiger partial charge in [0.25, 0.3) is 0 Å². The van der Waals surface area contributed by atoms with E-state index in [2.05, 4.69) is 62.3 Å². The molecule has 3 aliphatic heterocycles. The number of nitrogens with one attached hydrogen (secondary N) is 1. The fourth-order valence-electron chi connectivity index (χ4n) is 8.31. The molecule has 5 nitrogen and oxygen atoms in total. The van der Waals surface area contributed by atoms with E-state index in [4.69, 9.17) is 21.1 Å². The molecular formula is C30H37ClN2O3. The standard InChI is InChI=1S/C30H37ClN2O3/c1-28(2,3)36-30(22-15-19(31)13-17-8-11-32-16-20(17)22)9-7-18-14-23-21-5-6-24(34)26-29(21,10-12-33(23)4)25(18)27(30)35-26/h5-7,13,15,21,23-24,26,32,34H,8-12,14,16H2,1-4H3/t21-,23+,24-,26-,29-,30+/m0/s1. The highest BCUT2D eigenvalue weighted by Crippen LogP contribution is 2.68. The largest absolute Gasteiger partial charge is 0.487 e. The molecule has 2 N–H and O–H groups in total. The van der Waals surface area contributed by atoms with E-state index >= 15 is 0 Å². The topological polar surface area (TPSA) is 54.0 Å². The van der Waals surface area contributed by atoms with Gasteiger partial charge in [0.2, 0.25) is 0 Å². The van der Waals surface area contributed by atoms with E-state index in [0.29, 0.717) is 18.4 Å². The van der Waals surface area contributed by atoms with Crippen LogP contribution in [-0.2, 0) is 28.0 Å². The number of hydrogen-bond acceptors (Lipinski definition) is 5. The summed E-state index contributed by atoms with van der Waals surface area (Å²) in [5, 5.41) is 15.6.